The number of alkyl halides is 3. The molecule has 2 aromatic heterocycles. The number of fused-ring (bicyclic) bond motifs is 7. The van der Waals surface area contributed by atoms with Crippen molar-refractivity contribution in [2.24, 2.45) is 11.3 Å². The normalized spacial score (nSPS) is 24.0. The Hall–Kier alpha value is -4.95. The standard InChI is InChI=1S/C50H61F3N6O8SSi/c1-8-58-36-14-13-29-23-33(36)34(43(58)32-11-9-17-54-41(32)44(65-7)38-25-68-38)24-49(4,5)26-66-48(64)39-12-10-18-59(56-69-39)46(62)35(21-28-19-30(29)22-31(60)20-28)55-45(61)42(27(2)3)57(6)47(63)37-15-16-40(67-37)50(51,52)53/h9,11,13-14,17,19-20,22-23,27,35,37-40,42,44,56,60H,8,10,12,15-16,18,21,24-26H2,1-7H3,(H,55,61)/t35-,37?,38?,39-,40?,42-,44?/m0/s1. The first-order valence-corrected chi connectivity index (χ1v) is 25.8. The third-order valence-corrected chi connectivity index (χ3v) is 15.8. The van der Waals surface area contributed by atoms with Crippen molar-refractivity contribution in [3.63, 3.8) is 0 Å². The Morgan fingerprint density at radius 1 is 1.12 bits per heavy atom. The average Bonchev–Trinajstić information content (AvgIpc) is 3.99. The van der Waals surface area contributed by atoms with Gasteiger partial charge in [-0.2, -0.15) is 24.9 Å². The Labute approximate surface area is 407 Å². The predicted octanol–water partition coefficient (Wildman–Crippen LogP) is 7.18. The van der Waals surface area contributed by atoms with Crippen LogP contribution >= 0.6 is 11.8 Å². The summed E-state index contributed by atoms with van der Waals surface area (Å²) in [5, 5.41) is 20.1. The van der Waals surface area contributed by atoms with Crippen molar-refractivity contribution < 1.29 is 51.7 Å². The van der Waals surface area contributed by atoms with E-state index in [1.165, 1.54) is 12.1 Å². The van der Waals surface area contributed by atoms with Gasteiger partial charge in [0.25, 0.3) is 11.8 Å². The van der Waals surface area contributed by atoms with Crippen molar-refractivity contribution in [2.75, 3.05) is 33.1 Å². The molecule has 3 N–H and O–H groups in total. The highest BCUT2D eigenvalue weighted by atomic mass is 32.2. The molecule has 4 aromatic rings. The lowest BCUT2D eigenvalue weighted by atomic mass is 9.84. The van der Waals surface area contributed by atoms with Gasteiger partial charge in [0, 0.05) is 72.7 Å². The Morgan fingerprint density at radius 2 is 1.88 bits per heavy atom. The van der Waals surface area contributed by atoms with Crippen LogP contribution in [-0.2, 0) is 52.8 Å². The molecule has 3 fully saturated rings. The number of cyclic esters (lactones) is 1. The van der Waals surface area contributed by atoms with E-state index in [4.69, 9.17) is 19.2 Å². The summed E-state index contributed by atoms with van der Waals surface area (Å²) in [7, 11) is 2.84. The third kappa shape index (κ3) is 10.9. The summed E-state index contributed by atoms with van der Waals surface area (Å²) in [5.74, 6) is -1.95. The minimum Gasteiger partial charge on any atom is -0.508 e. The lowest BCUT2D eigenvalue weighted by molar-refractivity contribution is -0.216. The number of halogens is 3. The van der Waals surface area contributed by atoms with E-state index in [2.05, 4.69) is 53.9 Å². The number of hydrogen-bond acceptors (Lipinski definition) is 11. The van der Waals surface area contributed by atoms with Crippen LogP contribution in [0, 0.1) is 11.3 Å². The van der Waals surface area contributed by atoms with Crippen molar-refractivity contribution in [1.29, 1.82) is 0 Å². The summed E-state index contributed by atoms with van der Waals surface area (Å²) < 4.78 is 60.2. The van der Waals surface area contributed by atoms with Crippen molar-refractivity contribution >= 4 is 56.0 Å². The quantitative estimate of drug-likeness (QED) is 0.0838. The average molecular weight is 991 g/mol. The minimum absolute atomic E-state index is 0.0604. The lowest BCUT2D eigenvalue weighted by Gasteiger charge is -2.34. The first-order chi connectivity index (χ1) is 32.8. The molecule has 6 heterocycles. The second-order valence-electron chi connectivity index (χ2n) is 19.7. The molecule has 4 unspecified atom stereocenters. The Balaban J connectivity index is 1.20. The van der Waals surface area contributed by atoms with E-state index in [-0.39, 0.29) is 65.2 Å². The first kappa shape index (κ1) is 50.4. The van der Waals surface area contributed by atoms with Crippen LogP contribution in [0.25, 0.3) is 33.3 Å². The smallest absolute Gasteiger partial charge is 0.414 e. The third-order valence-electron chi connectivity index (χ3n) is 13.5. The molecule has 7 atom stereocenters. The molecule has 4 aliphatic heterocycles. The second kappa shape index (κ2) is 20.4. The molecule has 8 rings (SSSR count). The van der Waals surface area contributed by atoms with Gasteiger partial charge in [0.05, 0.1) is 23.5 Å². The van der Waals surface area contributed by atoms with Gasteiger partial charge in [0.15, 0.2) is 15.8 Å². The maximum Gasteiger partial charge on any atom is 0.414 e. The molecule has 2 aromatic carbocycles. The van der Waals surface area contributed by atoms with Crippen LogP contribution in [0.5, 0.6) is 5.75 Å². The van der Waals surface area contributed by atoms with E-state index in [9.17, 15) is 37.5 Å². The number of likely N-dealkylation sites (N-methyl/N-ethyl adjacent to an activating group) is 1. The van der Waals surface area contributed by atoms with E-state index in [0.717, 1.165) is 49.6 Å². The molecule has 2 radical (unpaired) electrons. The first-order valence-electron chi connectivity index (χ1n) is 23.6. The highest BCUT2D eigenvalue weighted by molar-refractivity contribution is 8.06. The number of amides is 3. The molecule has 19 heteroatoms. The number of pyridine rings is 1. The number of carbonyl (C=O) groups excluding carboxylic acids is 4. The molecule has 0 aliphatic carbocycles. The van der Waals surface area contributed by atoms with E-state index in [0.29, 0.717) is 36.9 Å². The summed E-state index contributed by atoms with van der Waals surface area (Å²) in [6, 6.07) is 12.8. The fourth-order valence-corrected chi connectivity index (χ4v) is 11.9. The number of hydrogen-bond donors (Lipinski definition) is 3. The number of aryl methyl sites for hydroxylation is 1. The zero-order valence-electron chi connectivity index (χ0n) is 40.0. The molecule has 3 amide bonds. The van der Waals surface area contributed by atoms with Crippen LogP contribution in [0.1, 0.15) is 83.2 Å². The molecule has 14 nitrogen and oxygen atoms in total. The van der Waals surface area contributed by atoms with Gasteiger partial charge < -0.3 is 34.1 Å². The monoisotopic (exact) mass is 990 g/mol. The van der Waals surface area contributed by atoms with E-state index in [1.807, 2.05) is 30.0 Å². The Morgan fingerprint density at radius 3 is 2.57 bits per heavy atom. The fourth-order valence-electron chi connectivity index (χ4n) is 10.1. The maximum atomic E-state index is 14.7. The summed E-state index contributed by atoms with van der Waals surface area (Å²) in [5.41, 5.74) is 5.74. The number of aromatic nitrogens is 2. The lowest BCUT2D eigenvalue weighted by Crippen LogP contribution is -2.59. The number of nitrogens with zero attached hydrogens (tertiary/aromatic N) is 4. The summed E-state index contributed by atoms with van der Waals surface area (Å²) >= 11 is 1.84. The summed E-state index contributed by atoms with van der Waals surface area (Å²) in [4.78, 5) is 62.7. The number of carbonyl (C=O) groups is 4. The van der Waals surface area contributed by atoms with Crippen molar-refractivity contribution in [3.05, 3.63) is 71.5 Å². The summed E-state index contributed by atoms with van der Waals surface area (Å²) in [6.07, 6.45) is -5.71. The van der Waals surface area contributed by atoms with E-state index in [1.54, 1.807) is 39.3 Å². The van der Waals surface area contributed by atoms with E-state index < -0.39 is 65.1 Å². The molecule has 370 valence electrons. The molecule has 0 saturated carbocycles. The molecule has 4 aliphatic rings. The number of esters is 1. The highest BCUT2D eigenvalue weighted by Crippen LogP contribution is 2.47. The fraction of sp³-hybridized carbons (Fsp3) is 0.540. The predicted molar refractivity (Wildman–Crippen MR) is 257 cm³/mol. The number of hydrazine groups is 1. The van der Waals surface area contributed by atoms with Crippen LogP contribution in [0.15, 0.2) is 54.7 Å². The number of benzene rings is 2. The van der Waals surface area contributed by atoms with Gasteiger partial charge in [-0.25, -0.2) is 0 Å². The largest absolute Gasteiger partial charge is 0.508 e. The van der Waals surface area contributed by atoms with Crippen molar-refractivity contribution in [2.45, 2.75) is 127 Å². The molecule has 6 bridgehead atoms. The van der Waals surface area contributed by atoms with Crippen LogP contribution in [-0.4, -0.2) is 127 Å². The van der Waals surface area contributed by atoms with Crippen LogP contribution < -0.4 is 10.4 Å². The zero-order valence-corrected chi connectivity index (χ0v) is 41.8. The molecule has 0 spiro atoms. The van der Waals surface area contributed by atoms with Gasteiger partial charge in [0.1, 0.15) is 30.0 Å². The Bertz CT molecular complexity index is 2590. The van der Waals surface area contributed by atoms with Gasteiger partial charge in [0.2, 0.25) is 5.91 Å². The zero-order chi connectivity index (χ0) is 49.5. The Kier molecular flexibility index (Phi) is 14.9. The number of nitrogens with one attached hydrogen (secondary N) is 2. The van der Waals surface area contributed by atoms with Gasteiger partial charge in [-0.05, 0) is 104 Å². The molecule has 3 saturated heterocycles. The van der Waals surface area contributed by atoms with Gasteiger partial charge in [-0.3, -0.25) is 34.3 Å². The van der Waals surface area contributed by atoms with Gasteiger partial charge in [-0.15, -0.1) is 0 Å². The van der Waals surface area contributed by atoms with Crippen LogP contribution in [0.4, 0.5) is 13.2 Å². The topological polar surface area (TPSA) is 165 Å². The maximum absolute atomic E-state index is 14.7. The van der Waals surface area contributed by atoms with E-state index >= 15 is 0 Å². The molecular formula is C50H61F3N6O8SSi. The highest BCUT2D eigenvalue weighted by Gasteiger charge is 2.49. The number of aromatic hydroxyl groups is 1. The van der Waals surface area contributed by atoms with Gasteiger partial charge in [-0.1, -0.05) is 39.8 Å². The van der Waals surface area contributed by atoms with Crippen molar-refractivity contribution in [1.82, 2.24) is 29.9 Å². The van der Waals surface area contributed by atoms with Crippen molar-refractivity contribution in [3.8, 4) is 28.1 Å². The second-order valence-corrected chi connectivity index (χ2v) is 22.2. The number of methoxy groups -OCH3 is 1. The number of rotatable bonds is 10. The van der Waals surface area contributed by atoms with Crippen LogP contribution in [0.3, 0.4) is 0 Å². The molecule has 69 heavy (non-hydrogen) atoms. The number of ether oxygens (including phenoxy) is 3. The molecular weight excluding hydrogens is 930 g/mol. The minimum atomic E-state index is -4.64. The van der Waals surface area contributed by atoms with Crippen LogP contribution in [0.2, 0.25) is 5.54 Å². The number of phenolic OH excluding ortho intramolecular Hbond substituents is 1. The SMILES string of the molecule is CCn1c(-c2cccnc2C(OC)C2CS2)c2c3cc(ccc31)-c1cc(O)cc(c1)C[C@H](NC(=O)[C@H](C(C)C)N(C)C(=O)C1CCC(C(F)(F)F)O1)C(=O)N1CCC[C@H]([Si]N1)C(=O)OCC(C)(C)C2. The summed E-state index contributed by atoms with van der Waals surface area (Å²) in [6.45, 7) is 10.7. The number of phenols is 1. The van der Waals surface area contributed by atoms with Gasteiger partial charge >= 0.3 is 12.1 Å². The number of thioether (sulfide) groups is 1.